The molecule has 8 heteroatoms. The van der Waals surface area contributed by atoms with Crippen LogP contribution in [0.3, 0.4) is 0 Å². The number of carbonyl (C=O) groups is 1. The van der Waals surface area contributed by atoms with Crippen LogP contribution in [0.2, 0.25) is 5.15 Å². The van der Waals surface area contributed by atoms with Crippen molar-refractivity contribution in [3.63, 3.8) is 0 Å². The first-order chi connectivity index (χ1) is 6.79. The Morgan fingerprint density at radius 2 is 2.07 bits per heavy atom. The molecule has 15 heavy (non-hydrogen) atoms. The number of hydrogen-bond acceptors (Lipinski definition) is 5. The van der Waals surface area contributed by atoms with Gasteiger partial charge in [0.25, 0.3) is 0 Å². The second-order valence-electron chi connectivity index (χ2n) is 2.86. The molecule has 0 N–H and O–H groups in total. The second-order valence-corrected chi connectivity index (χ2v) is 5.12. The first-order valence-electron chi connectivity index (χ1n) is 3.79. The first kappa shape index (κ1) is 12.0. The van der Waals surface area contributed by atoms with Crippen molar-refractivity contribution < 1.29 is 17.9 Å². The lowest BCUT2D eigenvalue weighted by atomic mass is 10.5. The summed E-state index contributed by atoms with van der Waals surface area (Å²) in [6.07, 6.45) is 0.979. The lowest BCUT2D eigenvalue weighted by molar-refractivity contribution is 0.0594. The molecule has 0 aliphatic rings. The minimum Gasteiger partial charge on any atom is -0.464 e. The van der Waals surface area contributed by atoms with Gasteiger partial charge in [-0.3, -0.25) is 0 Å². The zero-order valence-electron chi connectivity index (χ0n) is 8.31. The van der Waals surface area contributed by atoms with E-state index in [2.05, 4.69) is 9.72 Å². The van der Waals surface area contributed by atoms with Crippen molar-refractivity contribution >= 4 is 27.4 Å². The molecule has 0 bridgehead atoms. The molecule has 0 aromatic carbocycles. The number of ether oxygens (including phenoxy) is 1. The Balaban J connectivity index is 3.44. The number of hydrogen-bond donors (Lipinski definition) is 0. The van der Waals surface area contributed by atoms with Gasteiger partial charge in [-0.25, -0.2) is 18.2 Å². The zero-order chi connectivity index (χ0) is 11.8. The highest BCUT2D eigenvalue weighted by molar-refractivity contribution is 7.90. The van der Waals surface area contributed by atoms with Gasteiger partial charge in [-0.2, -0.15) is 0 Å². The summed E-state index contributed by atoms with van der Waals surface area (Å²) < 4.78 is 28.0. The van der Waals surface area contributed by atoms with E-state index in [0.29, 0.717) is 0 Å². The standard InChI is InChI=1S/C7H9ClN2O4S/c1-10-5(8)4(6(11)14-2)9-7(10)15(3,12)13/h1-3H3. The maximum absolute atomic E-state index is 11.2. The van der Waals surface area contributed by atoms with E-state index in [1.54, 1.807) is 0 Å². The van der Waals surface area contributed by atoms with Gasteiger partial charge in [-0.15, -0.1) is 0 Å². The van der Waals surface area contributed by atoms with Crippen molar-refractivity contribution in [3.05, 3.63) is 10.8 Å². The van der Waals surface area contributed by atoms with Crippen molar-refractivity contribution in [1.82, 2.24) is 9.55 Å². The van der Waals surface area contributed by atoms with E-state index in [0.717, 1.165) is 17.9 Å². The molecule has 0 saturated carbocycles. The average Bonchev–Trinajstić information content (AvgIpc) is 2.42. The SMILES string of the molecule is COC(=O)c1nc(S(C)(=O)=O)n(C)c1Cl. The molecule has 1 heterocycles. The minimum atomic E-state index is -3.52. The predicted molar refractivity (Wildman–Crippen MR) is 52.7 cm³/mol. The Labute approximate surface area is 91.7 Å². The third-order valence-electron chi connectivity index (χ3n) is 1.69. The van der Waals surface area contributed by atoms with Gasteiger partial charge in [0.1, 0.15) is 5.15 Å². The molecule has 0 fully saturated rings. The van der Waals surface area contributed by atoms with Crippen LogP contribution in [0.25, 0.3) is 0 Å². The summed E-state index contributed by atoms with van der Waals surface area (Å²) in [7, 11) is -0.956. The van der Waals surface area contributed by atoms with E-state index in [4.69, 9.17) is 11.6 Å². The molecule has 0 unspecified atom stereocenters. The molecule has 1 aromatic rings. The topological polar surface area (TPSA) is 78.3 Å². The number of nitrogens with zero attached hydrogens (tertiary/aromatic N) is 2. The van der Waals surface area contributed by atoms with Gasteiger partial charge < -0.3 is 9.30 Å². The number of halogens is 1. The third kappa shape index (κ3) is 2.13. The van der Waals surface area contributed by atoms with Crippen molar-refractivity contribution in [2.45, 2.75) is 5.16 Å². The number of esters is 1. The summed E-state index contributed by atoms with van der Waals surface area (Å²) >= 11 is 5.73. The number of carbonyl (C=O) groups excluding carboxylic acids is 1. The second kappa shape index (κ2) is 3.82. The van der Waals surface area contributed by atoms with Crippen LogP contribution in [-0.2, 0) is 21.6 Å². The number of imidazole rings is 1. The quantitative estimate of drug-likeness (QED) is 0.706. The average molecular weight is 253 g/mol. The van der Waals surface area contributed by atoms with E-state index in [9.17, 15) is 13.2 Å². The Morgan fingerprint density at radius 3 is 2.40 bits per heavy atom. The fraction of sp³-hybridized carbons (Fsp3) is 0.429. The number of methoxy groups -OCH3 is 1. The number of sulfone groups is 1. The van der Waals surface area contributed by atoms with E-state index < -0.39 is 15.8 Å². The largest absolute Gasteiger partial charge is 0.464 e. The Hall–Kier alpha value is -1.08. The monoisotopic (exact) mass is 252 g/mol. The van der Waals surface area contributed by atoms with E-state index in [-0.39, 0.29) is 16.0 Å². The third-order valence-corrected chi connectivity index (χ3v) is 3.16. The molecular weight excluding hydrogens is 244 g/mol. The smallest absolute Gasteiger partial charge is 0.359 e. The molecule has 0 spiro atoms. The first-order valence-corrected chi connectivity index (χ1v) is 6.06. The molecule has 1 aromatic heterocycles. The number of rotatable bonds is 2. The van der Waals surface area contributed by atoms with Gasteiger partial charge in [0.05, 0.1) is 7.11 Å². The Kier molecular flexibility index (Phi) is 3.05. The Morgan fingerprint density at radius 1 is 1.53 bits per heavy atom. The highest BCUT2D eigenvalue weighted by Gasteiger charge is 2.24. The molecule has 0 radical (unpaired) electrons. The maximum Gasteiger partial charge on any atom is 0.359 e. The molecule has 0 atom stereocenters. The molecule has 0 aliphatic carbocycles. The van der Waals surface area contributed by atoms with Crippen LogP contribution < -0.4 is 0 Å². The highest BCUT2D eigenvalue weighted by Crippen LogP contribution is 2.20. The van der Waals surface area contributed by atoms with E-state index in [1.807, 2.05) is 0 Å². The fourth-order valence-electron chi connectivity index (χ4n) is 1.02. The Bertz CT molecular complexity index is 505. The van der Waals surface area contributed by atoms with Gasteiger partial charge in [-0.1, -0.05) is 11.6 Å². The van der Waals surface area contributed by atoms with Crippen LogP contribution in [0.5, 0.6) is 0 Å². The molecule has 6 nitrogen and oxygen atoms in total. The molecular formula is C7H9ClN2O4S. The van der Waals surface area contributed by atoms with E-state index in [1.165, 1.54) is 7.05 Å². The van der Waals surface area contributed by atoms with Crippen LogP contribution in [0.15, 0.2) is 5.16 Å². The van der Waals surface area contributed by atoms with Crippen LogP contribution in [0.4, 0.5) is 0 Å². The minimum absolute atomic E-state index is 0.0673. The van der Waals surface area contributed by atoms with Crippen molar-refractivity contribution in [1.29, 1.82) is 0 Å². The van der Waals surface area contributed by atoms with Crippen molar-refractivity contribution in [2.24, 2.45) is 7.05 Å². The van der Waals surface area contributed by atoms with Gasteiger partial charge in [0.15, 0.2) is 5.69 Å². The summed E-state index contributed by atoms with van der Waals surface area (Å²) in [5.41, 5.74) is -0.206. The lowest BCUT2D eigenvalue weighted by Gasteiger charge is -1.97. The molecule has 0 saturated heterocycles. The number of aromatic nitrogens is 2. The van der Waals surface area contributed by atoms with E-state index >= 15 is 0 Å². The van der Waals surface area contributed by atoms with Gasteiger partial charge >= 0.3 is 5.97 Å². The van der Waals surface area contributed by atoms with Crippen LogP contribution in [0, 0.1) is 0 Å². The summed E-state index contributed by atoms with van der Waals surface area (Å²) in [6, 6.07) is 0. The van der Waals surface area contributed by atoms with Crippen LogP contribution in [0.1, 0.15) is 10.5 Å². The van der Waals surface area contributed by atoms with Gasteiger partial charge in [-0.05, 0) is 0 Å². The summed E-state index contributed by atoms with van der Waals surface area (Å²) in [5, 5.41) is -0.338. The van der Waals surface area contributed by atoms with Crippen molar-refractivity contribution in [3.8, 4) is 0 Å². The lowest BCUT2D eigenvalue weighted by Crippen LogP contribution is -2.06. The predicted octanol–water partition coefficient (Wildman–Crippen LogP) is 0.264. The molecule has 0 aliphatic heterocycles. The summed E-state index contributed by atoms with van der Waals surface area (Å²) in [6.45, 7) is 0. The van der Waals surface area contributed by atoms with Crippen LogP contribution >= 0.6 is 11.6 Å². The van der Waals surface area contributed by atoms with Gasteiger partial charge in [0, 0.05) is 13.3 Å². The molecule has 84 valence electrons. The maximum atomic E-state index is 11.2. The summed E-state index contributed by atoms with van der Waals surface area (Å²) in [4.78, 5) is 14.8. The van der Waals surface area contributed by atoms with Crippen LogP contribution in [-0.4, -0.2) is 37.3 Å². The normalized spacial score (nSPS) is 11.5. The zero-order valence-corrected chi connectivity index (χ0v) is 9.89. The molecule has 1 rings (SSSR count). The summed E-state index contributed by atoms with van der Waals surface area (Å²) in [5.74, 6) is -0.773. The highest BCUT2D eigenvalue weighted by atomic mass is 35.5. The fourth-order valence-corrected chi connectivity index (χ4v) is 2.11. The molecule has 0 amide bonds. The van der Waals surface area contributed by atoms with Crippen molar-refractivity contribution in [2.75, 3.05) is 13.4 Å². The van der Waals surface area contributed by atoms with Gasteiger partial charge in [0.2, 0.25) is 15.0 Å².